The van der Waals surface area contributed by atoms with Crippen LogP contribution in [0.1, 0.15) is 5.56 Å². The minimum Gasteiger partial charge on any atom is -0.231 e. The van der Waals surface area contributed by atoms with E-state index in [0.29, 0.717) is 22.0 Å². The van der Waals surface area contributed by atoms with Crippen molar-refractivity contribution in [1.29, 1.82) is 0 Å². The Bertz CT molecular complexity index is 1080. The van der Waals surface area contributed by atoms with Crippen molar-refractivity contribution < 1.29 is 8.78 Å². The second-order valence-corrected chi connectivity index (χ2v) is 6.65. The molecule has 5 heteroatoms. The van der Waals surface area contributed by atoms with Crippen LogP contribution in [-0.2, 0) is 0 Å². The van der Waals surface area contributed by atoms with Crippen molar-refractivity contribution >= 4 is 11.6 Å². The van der Waals surface area contributed by atoms with Crippen LogP contribution in [0.5, 0.6) is 0 Å². The van der Waals surface area contributed by atoms with Gasteiger partial charge in [-0.05, 0) is 67.6 Å². The molecule has 1 heterocycles. The van der Waals surface area contributed by atoms with Crippen LogP contribution < -0.4 is 0 Å². The van der Waals surface area contributed by atoms with Crippen LogP contribution >= 0.6 is 11.6 Å². The van der Waals surface area contributed by atoms with Gasteiger partial charge in [-0.15, -0.1) is 0 Å². The third-order valence-corrected chi connectivity index (χ3v) is 4.70. The lowest BCUT2D eigenvalue weighted by Gasteiger charge is -2.08. The molecular weight excluding hydrogens is 366 g/mol. The zero-order valence-corrected chi connectivity index (χ0v) is 15.2. The summed E-state index contributed by atoms with van der Waals surface area (Å²) in [5.74, 6) is -0.651. The van der Waals surface area contributed by atoms with Crippen LogP contribution in [0.15, 0.2) is 72.8 Å². The van der Waals surface area contributed by atoms with E-state index in [2.05, 4.69) is 5.10 Å². The molecular formula is C22H15ClF2N2. The Morgan fingerprint density at radius 3 is 1.81 bits per heavy atom. The summed E-state index contributed by atoms with van der Waals surface area (Å²) >= 11 is 6.69. The number of hydrogen-bond donors (Lipinski definition) is 0. The highest BCUT2D eigenvalue weighted by molar-refractivity contribution is 6.35. The first kappa shape index (κ1) is 17.4. The van der Waals surface area contributed by atoms with E-state index in [1.807, 2.05) is 31.2 Å². The van der Waals surface area contributed by atoms with E-state index in [4.69, 9.17) is 11.6 Å². The van der Waals surface area contributed by atoms with Crippen LogP contribution in [0.2, 0.25) is 5.02 Å². The van der Waals surface area contributed by atoms with Crippen LogP contribution in [0.4, 0.5) is 8.78 Å². The van der Waals surface area contributed by atoms with E-state index in [0.717, 1.165) is 16.8 Å². The predicted molar refractivity (Wildman–Crippen MR) is 104 cm³/mol. The fourth-order valence-electron chi connectivity index (χ4n) is 2.92. The minimum absolute atomic E-state index is 0.324. The highest BCUT2D eigenvalue weighted by Gasteiger charge is 2.20. The first-order chi connectivity index (χ1) is 13.0. The second kappa shape index (κ2) is 6.97. The van der Waals surface area contributed by atoms with Crippen molar-refractivity contribution in [3.63, 3.8) is 0 Å². The van der Waals surface area contributed by atoms with Gasteiger partial charge in [0.1, 0.15) is 17.3 Å². The number of nitrogens with zero attached hydrogens (tertiary/aromatic N) is 2. The van der Waals surface area contributed by atoms with Crippen molar-refractivity contribution in [2.24, 2.45) is 0 Å². The lowest BCUT2D eigenvalue weighted by Crippen LogP contribution is -1.99. The molecule has 0 unspecified atom stereocenters. The van der Waals surface area contributed by atoms with Gasteiger partial charge in [0.25, 0.3) is 0 Å². The van der Waals surface area contributed by atoms with Gasteiger partial charge in [-0.3, -0.25) is 0 Å². The molecule has 4 rings (SSSR count). The maximum Gasteiger partial charge on any atom is 0.123 e. The van der Waals surface area contributed by atoms with Crippen LogP contribution in [0, 0.1) is 18.6 Å². The van der Waals surface area contributed by atoms with Gasteiger partial charge in [0.15, 0.2) is 0 Å². The molecule has 0 amide bonds. The van der Waals surface area contributed by atoms with E-state index in [9.17, 15) is 8.78 Å². The van der Waals surface area contributed by atoms with Crippen molar-refractivity contribution in [2.75, 3.05) is 0 Å². The van der Waals surface area contributed by atoms with Gasteiger partial charge in [-0.25, -0.2) is 13.5 Å². The van der Waals surface area contributed by atoms with E-state index in [-0.39, 0.29) is 11.6 Å². The van der Waals surface area contributed by atoms with Gasteiger partial charge in [0.2, 0.25) is 0 Å². The summed E-state index contributed by atoms with van der Waals surface area (Å²) in [4.78, 5) is 0. The molecule has 0 bridgehead atoms. The monoisotopic (exact) mass is 380 g/mol. The highest BCUT2D eigenvalue weighted by Crippen LogP contribution is 2.38. The van der Waals surface area contributed by atoms with Crippen LogP contribution in [0.25, 0.3) is 28.2 Å². The number of rotatable bonds is 3. The molecule has 0 aliphatic heterocycles. The number of aryl methyl sites for hydroxylation is 1. The Labute approximate surface area is 160 Å². The van der Waals surface area contributed by atoms with Crippen molar-refractivity contribution in [1.82, 2.24) is 9.78 Å². The molecule has 134 valence electrons. The molecule has 0 atom stereocenters. The summed E-state index contributed by atoms with van der Waals surface area (Å²) in [6.45, 7) is 2.00. The Hall–Kier alpha value is -2.98. The maximum atomic E-state index is 13.4. The van der Waals surface area contributed by atoms with Gasteiger partial charge < -0.3 is 0 Å². The first-order valence-electron chi connectivity index (χ1n) is 8.40. The first-order valence-corrected chi connectivity index (χ1v) is 8.78. The molecule has 0 spiro atoms. The molecule has 2 nitrogen and oxygen atoms in total. The van der Waals surface area contributed by atoms with E-state index >= 15 is 0 Å². The van der Waals surface area contributed by atoms with Crippen LogP contribution in [0.3, 0.4) is 0 Å². The molecule has 0 aliphatic rings. The Morgan fingerprint density at radius 2 is 1.26 bits per heavy atom. The minimum atomic E-state index is -0.327. The number of hydrogen-bond acceptors (Lipinski definition) is 1. The van der Waals surface area contributed by atoms with E-state index in [1.165, 1.54) is 24.3 Å². The van der Waals surface area contributed by atoms with Gasteiger partial charge in [-0.2, -0.15) is 5.10 Å². The number of aromatic nitrogens is 2. The summed E-state index contributed by atoms with van der Waals surface area (Å²) in [5, 5.41) is 5.10. The third kappa shape index (κ3) is 3.36. The Balaban J connectivity index is 1.95. The normalized spacial score (nSPS) is 11.0. The highest BCUT2D eigenvalue weighted by atomic mass is 35.5. The fraction of sp³-hybridized carbons (Fsp3) is 0.0455. The standard InChI is InChI=1S/C22H15ClF2N2/c1-14-2-12-19(13-3-14)27-22(16-6-10-18(25)11-7-16)20(23)21(26-27)15-4-8-17(24)9-5-15/h2-13H,1H3. The summed E-state index contributed by atoms with van der Waals surface area (Å²) < 4.78 is 28.4. The van der Waals surface area contributed by atoms with E-state index in [1.54, 1.807) is 28.9 Å². The summed E-state index contributed by atoms with van der Waals surface area (Å²) in [6.07, 6.45) is 0. The molecule has 0 saturated carbocycles. The maximum absolute atomic E-state index is 13.4. The molecule has 27 heavy (non-hydrogen) atoms. The smallest absolute Gasteiger partial charge is 0.123 e. The van der Waals surface area contributed by atoms with Gasteiger partial charge in [-0.1, -0.05) is 29.3 Å². The van der Waals surface area contributed by atoms with Crippen LogP contribution in [-0.4, -0.2) is 9.78 Å². The molecule has 0 fully saturated rings. The summed E-state index contributed by atoms with van der Waals surface area (Å²) in [7, 11) is 0. The molecule has 0 radical (unpaired) electrons. The lowest BCUT2D eigenvalue weighted by atomic mass is 10.1. The molecule has 0 saturated heterocycles. The Kier molecular flexibility index (Phi) is 4.50. The van der Waals surface area contributed by atoms with Gasteiger partial charge >= 0.3 is 0 Å². The van der Waals surface area contributed by atoms with E-state index < -0.39 is 0 Å². The third-order valence-electron chi connectivity index (χ3n) is 4.34. The second-order valence-electron chi connectivity index (χ2n) is 6.27. The fourth-order valence-corrected chi connectivity index (χ4v) is 3.26. The Morgan fingerprint density at radius 1 is 0.741 bits per heavy atom. The lowest BCUT2D eigenvalue weighted by molar-refractivity contribution is 0.627. The largest absolute Gasteiger partial charge is 0.231 e. The van der Waals surface area contributed by atoms with Gasteiger partial charge in [0, 0.05) is 11.1 Å². The van der Waals surface area contributed by atoms with Gasteiger partial charge in [0.05, 0.1) is 16.4 Å². The average molecular weight is 381 g/mol. The average Bonchev–Trinajstić information content (AvgIpc) is 3.01. The summed E-state index contributed by atoms with van der Waals surface area (Å²) in [5.41, 5.74) is 4.59. The SMILES string of the molecule is Cc1ccc(-n2nc(-c3ccc(F)cc3)c(Cl)c2-c2ccc(F)cc2)cc1. The molecule has 0 N–H and O–H groups in total. The molecule has 4 aromatic rings. The van der Waals surface area contributed by atoms with Crippen molar-refractivity contribution in [3.8, 4) is 28.2 Å². The van der Waals surface area contributed by atoms with Crippen molar-refractivity contribution in [3.05, 3.63) is 95.0 Å². The zero-order valence-electron chi connectivity index (χ0n) is 14.5. The summed E-state index contributed by atoms with van der Waals surface area (Å²) in [6, 6.07) is 20.0. The predicted octanol–water partition coefficient (Wildman–Crippen LogP) is 6.45. The quantitative estimate of drug-likeness (QED) is 0.399. The number of halogens is 3. The molecule has 3 aromatic carbocycles. The molecule has 1 aromatic heterocycles. The zero-order chi connectivity index (χ0) is 19.0. The molecule has 0 aliphatic carbocycles. The van der Waals surface area contributed by atoms with Crippen molar-refractivity contribution in [2.45, 2.75) is 6.92 Å². The topological polar surface area (TPSA) is 17.8 Å². The number of benzene rings is 3.